The number of ketones is 3. The van der Waals surface area contributed by atoms with E-state index < -0.39 is 0 Å². The molecule has 12 aromatic rings. The molecule has 6 heterocycles. The van der Waals surface area contributed by atoms with E-state index in [1.807, 2.05) is 134 Å². The number of aryl methyl sites for hydroxylation is 2. The molecular formula is C87H85ClFN3O9S3. The van der Waals surface area contributed by atoms with Gasteiger partial charge >= 0.3 is 0 Å². The number of hydrogen-bond donors (Lipinski definition) is 3. The number of benzene rings is 9. The van der Waals surface area contributed by atoms with Gasteiger partial charge in [0.05, 0.1) is 21.2 Å². The first-order valence-corrected chi connectivity index (χ1v) is 38.5. The van der Waals surface area contributed by atoms with E-state index in [9.17, 15) is 34.1 Å². The van der Waals surface area contributed by atoms with Gasteiger partial charge in [-0.2, -0.15) is 0 Å². The Kier molecular flexibility index (Phi) is 23.4. The Hall–Kier alpha value is -9.23. The summed E-state index contributed by atoms with van der Waals surface area (Å²) in [6, 6.07) is 58.4. The molecule has 0 amide bonds. The second-order valence-corrected chi connectivity index (χ2v) is 31.4. The number of hydrogen-bond acceptors (Lipinski definition) is 15. The van der Waals surface area contributed by atoms with E-state index in [2.05, 4.69) is 35.5 Å². The Morgan fingerprint density at radius 2 is 0.817 bits per heavy atom. The van der Waals surface area contributed by atoms with Crippen LogP contribution < -0.4 is 14.2 Å². The molecule has 15 rings (SSSR count). The van der Waals surface area contributed by atoms with Crippen LogP contribution in [0.5, 0.6) is 34.5 Å². The quantitative estimate of drug-likeness (QED) is 0.0438. The first-order valence-electron chi connectivity index (χ1n) is 35.7. The summed E-state index contributed by atoms with van der Waals surface area (Å²) in [6.07, 6.45) is 4.83. The molecule has 3 saturated heterocycles. The second kappa shape index (κ2) is 33.3. The van der Waals surface area contributed by atoms with Crippen LogP contribution in [0.1, 0.15) is 103 Å². The lowest BCUT2D eigenvalue weighted by Gasteiger charge is -2.15. The normalized spacial score (nSPS) is 16.2. The fraction of sp³-hybridized carbons (Fsp3) is 0.276. The largest absolute Gasteiger partial charge is 0.508 e. The number of carbonyl (C=O) groups excluding carboxylic acids is 3. The van der Waals surface area contributed by atoms with Crippen LogP contribution in [-0.4, -0.2) is 126 Å². The smallest absolute Gasteiger partial charge is 0.203 e. The molecule has 104 heavy (non-hydrogen) atoms. The Morgan fingerprint density at radius 1 is 0.442 bits per heavy atom. The molecule has 0 spiro atoms. The molecule has 3 aromatic heterocycles. The maximum absolute atomic E-state index is 13.7. The summed E-state index contributed by atoms with van der Waals surface area (Å²) in [5.74, 6) is 4.75. The van der Waals surface area contributed by atoms with E-state index in [4.69, 9.17) is 25.8 Å². The number of nitrogens with zero attached hydrogens (tertiary/aromatic N) is 3. The lowest BCUT2D eigenvalue weighted by Crippen LogP contribution is -2.25. The second-order valence-electron chi connectivity index (χ2n) is 27.8. The molecule has 3 fully saturated rings. The summed E-state index contributed by atoms with van der Waals surface area (Å²) < 4.78 is 34.2. The van der Waals surface area contributed by atoms with Crippen LogP contribution in [0.2, 0.25) is 5.02 Å². The third-order valence-electron chi connectivity index (χ3n) is 19.7. The summed E-state index contributed by atoms with van der Waals surface area (Å²) in [5, 5.41) is 33.4. The van der Waals surface area contributed by atoms with Crippen molar-refractivity contribution in [2.45, 2.75) is 60.3 Å². The predicted molar refractivity (Wildman–Crippen MR) is 423 cm³/mol. The third-order valence-corrected chi connectivity index (χ3v) is 23.4. The van der Waals surface area contributed by atoms with Crippen molar-refractivity contribution >= 4 is 93.2 Å². The van der Waals surface area contributed by atoms with Crippen LogP contribution in [0.25, 0.3) is 63.6 Å². The summed E-state index contributed by atoms with van der Waals surface area (Å²) in [7, 11) is 0. The van der Waals surface area contributed by atoms with Crippen LogP contribution in [-0.2, 0) is 0 Å². The van der Waals surface area contributed by atoms with Gasteiger partial charge in [0, 0.05) is 108 Å². The fourth-order valence-corrected chi connectivity index (χ4v) is 18.1. The Labute approximate surface area is 624 Å². The Morgan fingerprint density at radius 3 is 1.20 bits per heavy atom. The van der Waals surface area contributed by atoms with Crippen molar-refractivity contribution in [1.82, 2.24) is 14.7 Å². The van der Waals surface area contributed by atoms with Crippen LogP contribution in [0, 0.1) is 37.4 Å². The minimum Gasteiger partial charge on any atom is -0.508 e. The monoisotopic (exact) mass is 1470 g/mol. The minimum absolute atomic E-state index is 0.00662. The van der Waals surface area contributed by atoms with Crippen LogP contribution in [0.3, 0.4) is 0 Å². The molecule has 3 atom stereocenters. The van der Waals surface area contributed by atoms with E-state index in [1.165, 1.54) is 84.6 Å². The number of aromatic hydroxyl groups is 3. The van der Waals surface area contributed by atoms with Crippen LogP contribution in [0.15, 0.2) is 194 Å². The zero-order chi connectivity index (χ0) is 72.5. The van der Waals surface area contributed by atoms with E-state index in [-0.39, 0.29) is 40.4 Å². The molecular weight excluding hydrogens is 1380 g/mol. The molecule has 17 heteroatoms. The number of rotatable bonds is 22. The SMILES string of the molecule is C[C@H]1CCN(CCCOc2ccc(-c3c(C(=O)c4ccccc4)sc4cc(O)ccc34)cc2)C1.Cc1cc(Cl)ccc1C(=O)c1sc2cc(O)ccc2c1-c1ccc(OCCN2CC[C@H](C)C2)cc1.Cc1cc(F)ccc1C(=O)c1sc2cc(O)ccc2c1-c1ccc(OCCN2CC[C@H](C)C2)cc1. The van der Waals surface area contributed by atoms with E-state index in [0.717, 1.165) is 156 Å². The average Bonchev–Trinajstić information content (AvgIpc) is 1.62. The van der Waals surface area contributed by atoms with Crippen molar-refractivity contribution in [3.63, 3.8) is 0 Å². The highest BCUT2D eigenvalue weighted by Gasteiger charge is 2.28. The van der Waals surface area contributed by atoms with Gasteiger partial charge in [-0.15, -0.1) is 34.0 Å². The summed E-state index contributed by atoms with van der Waals surface area (Å²) in [5.41, 5.74) is 8.59. The van der Waals surface area contributed by atoms with Crippen molar-refractivity contribution in [3.05, 3.63) is 247 Å². The number of fused-ring (bicyclic) bond motifs is 3. The van der Waals surface area contributed by atoms with Crippen molar-refractivity contribution < 1.29 is 48.3 Å². The summed E-state index contributed by atoms with van der Waals surface area (Å²) >= 11 is 10.3. The van der Waals surface area contributed by atoms with Crippen molar-refractivity contribution in [2.24, 2.45) is 17.8 Å². The summed E-state index contributed by atoms with van der Waals surface area (Å²) in [4.78, 5) is 49.9. The molecule has 0 unspecified atom stereocenters. The molecule has 3 N–H and O–H groups in total. The van der Waals surface area contributed by atoms with Crippen molar-refractivity contribution in [1.29, 1.82) is 0 Å². The maximum atomic E-state index is 13.7. The van der Waals surface area contributed by atoms with Crippen molar-refractivity contribution in [3.8, 4) is 67.9 Å². The van der Waals surface area contributed by atoms with Gasteiger partial charge in [0.1, 0.15) is 53.5 Å². The first-order chi connectivity index (χ1) is 50.4. The van der Waals surface area contributed by atoms with E-state index >= 15 is 0 Å². The molecule has 3 aliphatic heterocycles. The predicted octanol–water partition coefficient (Wildman–Crippen LogP) is 20.5. The number of thiophene rings is 3. The highest BCUT2D eigenvalue weighted by atomic mass is 35.5. The Bertz CT molecular complexity index is 4830. The molecule has 0 aliphatic carbocycles. The van der Waals surface area contributed by atoms with Gasteiger partial charge in [-0.3, -0.25) is 24.2 Å². The van der Waals surface area contributed by atoms with Crippen LogP contribution in [0.4, 0.5) is 4.39 Å². The number of phenolic OH excluding ortho intramolecular Hbond substituents is 3. The maximum Gasteiger partial charge on any atom is 0.203 e. The molecule has 0 radical (unpaired) electrons. The van der Waals surface area contributed by atoms with Gasteiger partial charge < -0.3 is 34.4 Å². The van der Waals surface area contributed by atoms with Gasteiger partial charge in [0.15, 0.2) is 0 Å². The Balaban J connectivity index is 0.000000139. The molecule has 12 nitrogen and oxygen atoms in total. The van der Waals surface area contributed by atoms with Gasteiger partial charge in [0.2, 0.25) is 17.3 Å². The topological polar surface area (TPSA) is 149 Å². The van der Waals surface area contributed by atoms with E-state index in [0.29, 0.717) is 61.7 Å². The highest BCUT2D eigenvalue weighted by Crippen LogP contribution is 2.46. The molecule has 3 aliphatic rings. The van der Waals surface area contributed by atoms with Crippen molar-refractivity contribution in [2.75, 3.05) is 78.7 Å². The highest BCUT2D eigenvalue weighted by molar-refractivity contribution is 7.22. The number of ether oxygens (including phenoxy) is 3. The fourth-order valence-electron chi connectivity index (χ4n) is 14.2. The third kappa shape index (κ3) is 17.4. The first kappa shape index (κ1) is 73.1. The number of phenols is 3. The lowest BCUT2D eigenvalue weighted by molar-refractivity contribution is 0.103. The number of halogens is 2. The van der Waals surface area contributed by atoms with Gasteiger partial charge in [-0.25, -0.2) is 4.39 Å². The van der Waals surface area contributed by atoms with Gasteiger partial charge in [-0.1, -0.05) is 99.1 Å². The number of likely N-dealkylation sites (tertiary alicyclic amines) is 3. The zero-order valence-corrected chi connectivity index (χ0v) is 62.3. The lowest BCUT2D eigenvalue weighted by atomic mass is 9.96. The zero-order valence-electron chi connectivity index (χ0n) is 59.1. The molecule has 0 saturated carbocycles. The molecule has 534 valence electrons. The number of carbonyl (C=O) groups is 3. The minimum atomic E-state index is -0.365. The van der Waals surface area contributed by atoms with Gasteiger partial charge in [-0.05, 0) is 232 Å². The molecule has 9 aromatic carbocycles. The van der Waals surface area contributed by atoms with Gasteiger partial charge in [0.25, 0.3) is 0 Å². The average molecular weight is 1470 g/mol. The molecule has 0 bridgehead atoms. The summed E-state index contributed by atoms with van der Waals surface area (Å²) in [6.45, 7) is 22.4. The van der Waals surface area contributed by atoms with E-state index in [1.54, 1.807) is 55.5 Å². The van der Waals surface area contributed by atoms with Crippen LogP contribution >= 0.6 is 45.6 Å². The standard InChI is InChI=1S/C29H28ClNO3S.C29H28FNO3S.C29H29NO3S/c2*1-18-11-12-31(17-18)13-14-34-23-7-3-20(4-8-23)27-25-10-6-22(32)16-26(25)35-29(27)28(33)24-9-5-21(30)15-19(24)2;1-20-14-16-30(19-20)15-5-17-33-24-11-8-21(9-12-24)27-25-13-10-23(31)18-26(25)34-29(27)28(32)22-6-3-2-4-7-22/h2*3-10,15-16,18,32H,11-14,17H2,1-2H3;2-4,6-13,18,20,31H,5,14-17,19H2,1H3/t2*18-;20-/m000/s1.